The number of halogens is 1. The molecule has 0 saturated heterocycles. The number of carbonyl (C=O) groups excluding carboxylic acids is 2. The van der Waals surface area contributed by atoms with Gasteiger partial charge in [-0.05, 0) is 49.4 Å². The van der Waals surface area contributed by atoms with Crippen LogP contribution in [0.3, 0.4) is 0 Å². The fraction of sp³-hybridized carbons (Fsp3) is 0.150. The first-order chi connectivity index (χ1) is 12.8. The second-order valence-electron chi connectivity index (χ2n) is 6.17. The zero-order valence-electron chi connectivity index (χ0n) is 15.1. The quantitative estimate of drug-likeness (QED) is 0.734. The number of benzene rings is 2. The highest BCUT2D eigenvalue weighted by Gasteiger charge is 2.17. The van der Waals surface area contributed by atoms with Gasteiger partial charge in [-0.1, -0.05) is 6.07 Å². The Labute approximate surface area is 160 Å². The van der Waals surface area contributed by atoms with E-state index in [2.05, 4.69) is 10.3 Å². The van der Waals surface area contributed by atoms with Crippen molar-refractivity contribution < 1.29 is 14.0 Å². The molecule has 0 aliphatic heterocycles. The summed E-state index contributed by atoms with van der Waals surface area (Å²) in [5, 5.41) is 3.46. The van der Waals surface area contributed by atoms with E-state index in [0.29, 0.717) is 26.8 Å². The molecular formula is C20H18FN3O2S. The molecule has 2 aromatic carbocycles. The number of rotatable bonds is 4. The lowest BCUT2D eigenvalue weighted by molar-refractivity contribution is 0.0827. The number of anilines is 1. The number of aromatic nitrogens is 1. The molecule has 0 unspecified atom stereocenters. The molecule has 0 spiro atoms. The standard InChI is InChI=1S/C20H18FN3O2S/c1-12-17(27-19(22-12)13-7-9-15(21)10-8-13)18(25)23-16-6-4-5-14(11-16)20(26)24(2)3/h4-11H,1-3H3,(H,23,25). The number of thiazole rings is 1. The molecule has 0 fully saturated rings. The van der Waals surface area contributed by atoms with Crippen molar-refractivity contribution in [3.63, 3.8) is 0 Å². The van der Waals surface area contributed by atoms with Crippen LogP contribution in [0.4, 0.5) is 10.1 Å². The summed E-state index contributed by atoms with van der Waals surface area (Å²) in [6.07, 6.45) is 0. The van der Waals surface area contributed by atoms with Gasteiger partial charge < -0.3 is 10.2 Å². The van der Waals surface area contributed by atoms with Crippen LogP contribution in [-0.2, 0) is 0 Å². The van der Waals surface area contributed by atoms with Crippen molar-refractivity contribution in [3.8, 4) is 10.6 Å². The topological polar surface area (TPSA) is 62.3 Å². The molecule has 0 radical (unpaired) electrons. The Morgan fingerprint density at radius 3 is 2.48 bits per heavy atom. The molecule has 1 aromatic heterocycles. The van der Waals surface area contributed by atoms with Crippen LogP contribution >= 0.6 is 11.3 Å². The van der Waals surface area contributed by atoms with Gasteiger partial charge in [0, 0.05) is 30.9 Å². The van der Waals surface area contributed by atoms with Crippen LogP contribution in [0.5, 0.6) is 0 Å². The Balaban J connectivity index is 1.82. The molecule has 0 aliphatic carbocycles. The van der Waals surface area contributed by atoms with Crippen LogP contribution in [0, 0.1) is 12.7 Å². The number of amides is 2. The van der Waals surface area contributed by atoms with Crippen molar-refractivity contribution in [2.45, 2.75) is 6.92 Å². The Kier molecular flexibility index (Phi) is 5.32. The Bertz CT molecular complexity index is 997. The lowest BCUT2D eigenvalue weighted by Crippen LogP contribution is -2.21. The number of hydrogen-bond acceptors (Lipinski definition) is 4. The molecule has 27 heavy (non-hydrogen) atoms. The summed E-state index contributed by atoms with van der Waals surface area (Å²) in [6.45, 7) is 1.75. The molecule has 3 aromatic rings. The summed E-state index contributed by atoms with van der Waals surface area (Å²) >= 11 is 1.24. The minimum absolute atomic E-state index is 0.140. The predicted molar refractivity (Wildman–Crippen MR) is 105 cm³/mol. The lowest BCUT2D eigenvalue weighted by atomic mass is 10.2. The average molecular weight is 383 g/mol. The van der Waals surface area contributed by atoms with Crippen molar-refractivity contribution in [2.24, 2.45) is 0 Å². The van der Waals surface area contributed by atoms with Crippen LogP contribution in [0.1, 0.15) is 25.7 Å². The van der Waals surface area contributed by atoms with E-state index < -0.39 is 0 Å². The van der Waals surface area contributed by atoms with Gasteiger partial charge in [0.15, 0.2) is 0 Å². The third kappa shape index (κ3) is 4.20. The molecule has 0 atom stereocenters. The van der Waals surface area contributed by atoms with Crippen molar-refractivity contribution in [3.05, 3.63) is 70.5 Å². The van der Waals surface area contributed by atoms with E-state index in [-0.39, 0.29) is 17.6 Å². The number of nitrogens with one attached hydrogen (secondary N) is 1. The predicted octanol–water partition coefficient (Wildman–Crippen LogP) is 4.21. The van der Waals surface area contributed by atoms with Crippen LogP contribution in [0.2, 0.25) is 0 Å². The average Bonchev–Trinajstić information content (AvgIpc) is 3.03. The molecule has 3 rings (SSSR count). The summed E-state index contributed by atoms with van der Waals surface area (Å²) < 4.78 is 13.1. The minimum Gasteiger partial charge on any atom is -0.345 e. The van der Waals surface area contributed by atoms with E-state index in [0.717, 1.165) is 5.56 Å². The molecule has 5 nitrogen and oxygen atoms in total. The fourth-order valence-electron chi connectivity index (χ4n) is 2.50. The van der Waals surface area contributed by atoms with Gasteiger partial charge in [-0.25, -0.2) is 9.37 Å². The Morgan fingerprint density at radius 2 is 1.81 bits per heavy atom. The van der Waals surface area contributed by atoms with Crippen LogP contribution in [-0.4, -0.2) is 35.8 Å². The van der Waals surface area contributed by atoms with Gasteiger partial charge >= 0.3 is 0 Å². The van der Waals surface area contributed by atoms with E-state index in [9.17, 15) is 14.0 Å². The van der Waals surface area contributed by atoms with E-state index in [1.165, 1.54) is 28.4 Å². The summed E-state index contributed by atoms with van der Waals surface area (Å²) in [6, 6.07) is 12.8. The zero-order valence-corrected chi connectivity index (χ0v) is 15.9. The lowest BCUT2D eigenvalue weighted by Gasteiger charge is -2.11. The monoisotopic (exact) mass is 383 g/mol. The van der Waals surface area contributed by atoms with Gasteiger partial charge in [0.25, 0.3) is 11.8 Å². The van der Waals surface area contributed by atoms with Gasteiger partial charge in [-0.3, -0.25) is 9.59 Å². The Hall–Kier alpha value is -3.06. The SMILES string of the molecule is Cc1nc(-c2ccc(F)cc2)sc1C(=O)Nc1cccc(C(=O)N(C)C)c1. The van der Waals surface area contributed by atoms with Gasteiger partial charge in [0.2, 0.25) is 0 Å². The first-order valence-corrected chi connectivity index (χ1v) is 9.03. The molecule has 0 saturated carbocycles. The van der Waals surface area contributed by atoms with E-state index in [4.69, 9.17) is 0 Å². The van der Waals surface area contributed by atoms with Crippen LogP contribution in [0.25, 0.3) is 10.6 Å². The van der Waals surface area contributed by atoms with Crippen molar-refractivity contribution in [2.75, 3.05) is 19.4 Å². The van der Waals surface area contributed by atoms with Crippen LogP contribution < -0.4 is 5.32 Å². The smallest absolute Gasteiger partial charge is 0.267 e. The van der Waals surface area contributed by atoms with Crippen molar-refractivity contribution in [1.82, 2.24) is 9.88 Å². The maximum Gasteiger partial charge on any atom is 0.267 e. The van der Waals surface area contributed by atoms with Gasteiger partial charge in [-0.2, -0.15) is 0 Å². The number of aryl methyl sites for hydroxylation is 1. The largest absolute Gasteiger partial charge is 0.345 e. The summed E-state index contributed by atoms with van der Waals surface area (Å²) in [7, 11) is 3.34. The minimum atomic E-state index is -0.322. The van der Waals surface area contributed by atoms with Gasteiger partial charge in [0.1, 0.15) is 15.7 Å². The van der Waals surface area contributed by atoms with Crippen LogP contribution in [0.15, 0.2) is 48.5 Å². The normalized spacial score (nSPS) is 10.5. The highest BCUT2D eigenvalue weighted by molar-refractivity contribution is 7.17. The molecule has 7 heteroatoms. The number of carbonyl (C=O) groups is 2. The molecule has 2 amide bonds. The van der Waals surface area contributed by atoms with Gasteiger partial charge in [0.05, 0.1) is 5.69 Å². The zero-order chi connectivity index (χ0) is 19.6. The highest BCUT2D eigenvalue weighted by Crippen LogP contribution is 2.28. The molecule has 0 aliphatic rings. The maximum atomic E-state index is 13.1. The Morgan fingerprint density at radius 1 is 1.11 bits per heavy atom. The van der Waals surface area contributed by atoms with Crippen molar-refractivity contribution in [1.29, 1.82) is 0 Å². The van der Waals surface area contributed by atoms with Gasteiger partial charge in [-0.15, -0.1) is 11.3 Å². The fourth-order valence-corrected chi connectivity index (χ4v) is 3.47. The molecular weight excluding hydrogens is 365 g/mol. The molecule has 1 heterocycles. The van der Waals surface area contributed by atoms with E-state index in [1.54, 1.807) is 57.4 Å². The number of hydrogen-bond donors (Lipinski definition) is 1. The summed E-state index contributed by atoms with van der Waals surface area (Å²) in [5.41, 5.74) is 2.37. The van der Waals surface area contributed by atoms with E-state index in [1.807, 2.05) is 0 Å². The molecule has 0 bridgehead atoms. The number of nitrogens with zero attached hydrogens (tertiary/aromatic N) is 2. The second-order valence-corrected chi connectivity index (χ2v) is 7.17. The maximum absolute atomic E-state index is 13.1. The molecule has 138 valence electrons. The van der Waals surface area contributed by atoms with Crippen molar-refractivity contribution >= 4 is 28.8 Å². The second kappa shape index (κ2) is 7.67. The summed E-state index contributed by atoms with van der Waals surface area (Å²) in [5.74, 6) is -0.761. The third-order valence-electron chi connectivity index (χ3n) is 3.87. The molecule has 1 N–H and O–H groups in total. The first kappa shape index (κ1) is 18.7. The highest BCUT2D eigenvalue weighted by atomic mass is 32.1. The third-order valence-corrected chi connectivity index (χ3v) is 5.07. The summed E-state index contributed by atoms with van der Waals surface area (Å²) in [4.78, 5) is 31.1. The first-order valence-electron chi connectivity index (χ1n) is 8.21. The van der Waals surface area contributed by atoms with E-state index >= 15 is 0 Å².